The number of nitrogens with one attached hydrogen (secondary N) is 3. The normalized spacial score (nSPS) is 14.2. The highest BCUT2D eigenvalue weighted by atomic mass is 16.4. The highest BCUT2D eigenvalue weighted by molar-refractivity contribution is 5.94. The van der Waals surface area contributed by atoms with E-state index in [0.29, 0.717) is 51.6 Å². The molecule has 0 rings (SSSR count). The van der Waals surface area contributed by atoms with Crippen LogP contribution in [0, 0.1) is 5.92 Å². The third-order valence-electron chi connectivity index (χ3n) is 5.74. The van der Waals surface area contributed by atoms with Gasteiger partial charge in [-0.25, -0.2) is 4.79 Å². The summed E-state index contributed by atoms with van der Waals surface area (Å²) < 4.78 is 0. The van der Waals surface area contributed by atoms with Crippen LogP contribution in [0.1, 0.15) is 65.2 Å². The summed E-state index contributed by atoms with van der Waals surface area (Å²) in [7, 11) is 0. The van der Waals surface area contributed by atoms with Crippen LogP contribution in [0.25, 0.3) is 0 Å². The zero-order valence-electron chi connectivity index (χ0n) is 22.1. The summed E-state index contributed by atoms with van der Waals surface area (Å²) in [6, 6.07) is -3.95. The van der Waals surface area contributed by atoms with Crippen molar-refractivity contribution in [2.24, 2.45) is 39.6 Å². The van der Waals surface area contributed by atoms with Gasteiger partial charge in [-0.1, -0.05) is 13.8 Å². The summed E-state index contributed by atoms with van der Waals surface area (Å²) in [5, 5.41) is 17.4. The van der Waals surface area contributed by atoms with E-state index in [1.165, 1.54) is 0 Å². The van der Waals surface area contributed by atoms with Gasteiger partial charge in [-0.3, -0.25) is 19.4 Å². The van der Waals surface area contributed by atoms with Crippen molar-refractivity contribution in [3.05, 3.63) is 0 Å². The van der Waals surface area contributed by atoms with Crippen LogP contribution in [0.4, 0.5) is 0 Å². The van der Waals surface area contributed by atoms with Crippen LogP contribution < -0.4 is 44.6 Å². The Balaban J connectivity index is 5.50. The predicted octanol–water partition coefficient (Wildman–Crippen LogP) is -2.18. The number of carboxylic acid groups (broad SMARTS) is 1. The average Bonchev–Trinajstić information content (AvgIpc) is 2.83. The first-order valence-electron chi connectivity index (χ1n) is 12.8. The standard InChI is InChI=1S/C23H47N9O5/c1-14(2)18(26)21(35)31-16(9-4-6-12-25)19(33)30-15(8-3-5-11-24)20(34)32-17(22(36)37)10-7-13-29-23(27)28/h14-18H,3-13,24-26H2,1-2H3,(H,30,33)(H,31,35)(H,32,34)(H,36,37)(H4,27,28,29)/t15-,16-,17-,18-/m0/s1. The first-order valence-corrected chi connectivity index (χ1v) is 12.8. The summed E-state index contributed by atoms with van der Waals surface area (Å²) in [6.07, 6.45) is 3.32. The summed E-state index contributed by atoms with van der Waals surface area (Å²) in [4.78, 5) is 54.2. The predicted molar refractivity (Wildman–Crippen MR) is 142 cm³/mol. The SMILES string of the molecule is CC(C)[C@H](N)C(=O)N[C@@H](CCCCN)C(=O)N[C@@H](CCCCN)C(=O)N[C@@H](CCCN=C(N)N)C(=O)O. The molecule has 0 saturated carbocycles. The van der Waals surface area contributed by atoms with Crippen LogP contribution in [0.2, 0.25) is 0 Å². The van der Waals surface area contributed by atoms with Gasteiger partial charge in [-0.05, 0) is 70.4 Å². The van der Waals surface area contributed by atoms with E-state index in [1.54, 1.807) is 13.8 Å². The summed E-state index contributed by atoms with van der Waals surface area (Å²) >= 11 is 0. The molecule has 0 unspecified atom stereocenters. The van der Waals surface area contributed by atoms with Gasteiger partial charge in [0.15, 0.2) is 5.96 Å². The molecule has 0 aromatic carbocycles. The molecule has 4 atom stereocenters. The fourth-order valence-electron chi connectivity index (χ4n) is 3.40. The molecule has 14 heteroatoms. The highest BCUT2D eigenvalue weighted by Gasteiger charge is 2.30. The molecular formula is C23H47N9O5. The number of nitrogens with zero attached hydrogens (tertiary/aromatic N) is 1. The molecular weight excluding hydrogens is 482 g/mol. The Morgan fingerprint density at radius 1 is 0.730 bits per heavy atom. The molecule has 0 fully saturated rings. The number of hydrogen-bond acceptors (Lipinski definition) is 8. The second-order valence-corrected chi connectivity index (χ2v) is 9.31. The third kappa shape index (κ3) is 15.0. The Labute approximate surface area is 218 Å². The van der Waals surface area contributed by atoms with Gasteiger partial charge in [0.1, 0.15) is 18.1 Å². The molecule has 14 N–H and O–H groups in total. The van der Waals surface area contributed by atoms with E-state index >= 15 is 0 Å². The van der Waals surface area contributed by atoms with Crippen LogP contribution >= 0.6 is 0 Å². The van der Waals surface area contributed by atoms with E-state index < -0.39 is 47.9 Å². The molecule has 0 spiro atoms. The van der Waals surface area contributed by atoms with Crippen molar-refractivity contribution in [2.75, 3.05) is 19.6 Å². The monoisotopic (exact) mass is 529 g/mol. The second-order valence-electron chi connectivity index (χ2n) is 9.31. The number of hydrogen-bond donors (Lipinski definition) is 9. The molecule has 0 heterocycles. The lowest BCUT2D eigenvalue weighted by Crippen LogP contribution is -2.57. The average molecular weight is 530 g/mol. The quantitative estimate of drug-likeness (QED) is 0.0467. The topological polar surface area (TPSA) is 267 Å². The van der Waals surface area contributed by atoms with Crippen LogP contribution in [0.5, 0.6) is 0 Å². The maximum atomic E-state index is 13.1. The third-order valence-corrected chi connectivity index (χ3v) is 5.74. The first kappa shape index (κ1) is 34.0. The fraction of sp³-hybridized carbons (Fsp3) is 0.783. The number of unbranched alkanes of at least 4 members (excludes halogenated alkanes) is 2. The molecule has 0 saturated heterocycles. The van der Waals surface area contributed by atoms with Crippen molar-refractivity contribution in [2.45, 2.75) is 89.4 Å². The van der Waals surface area contributed by atoms with E-state index in [2.05, 4.69) is 20.9 Å². The molecule has 0 aliphatic carbocycles. The van der Waals surface area contributed by atoms with Gasteiger partial charge in [0.25, 0.3) is 0 Å². The van der Waals surface area contributed by atoms with Gasteiger partial charge >= 0.3 is 5.97 Å². The van der Waals surface area contributed by atoms with Crippen molar-refractivity contribution in [3.8, 4) is 0 Å². The molecule has 37 heavy (non-hydrogen) atoms. The number of carbonyl (C=O) groups is 4. The van der Waals surface area contributed by atoms with Crippen LogP contribution in [0.15, 0.2) is 4.99 Å². The Hall–Kier alpha value is -2.97. The van der Waals surface area contributed by atoms with Gasteiger partial charge in [0.05, 0.1) is 6.04 Å². The molecule has 0 aromatic rings. The molecule has 14 nitrogen and oxygen atoms in total. The lowest BCUT2D eigenvalue weighted by atomic mass is 10.0. The number of carbonyl (C=O) groups excluding carboxylic acids is 3. The number of rotatable bonds is 20. The molecule has 0 aliphatic heterocycles. The largest absolute Gasteiger partial charge is 0.480 e. The minimum Gasteiger partial charge on any atom is -0.480 e. The molecule has 0 bridgehead atoms. The Morgan fingerprint density at radius 2 is 1.16 bits per heavy atom. The maximum Gasteiger partial charge on any atom is 0.326 e. The molecule has 0 aliphatic rings. The van der Waals surface area contributed by atoms with Crippen molar-refractivity contribution < 1.29 is 24.3 Å². The van der Waals surface area contributed by atoms with Crippen molar-refractivity contribution in [3.63, 3.8) is 0 Å². The molecule has 0 radical (unpaired) electrons. The Bertz CT molecular complexity index is 744. The van der Waals surface area contributed by atoms with Crippen molar-refractivity contribution in [1.29, 1.82) is 0 Å². The van der Waals surface area contributed by atoms with Gasteiger partial charge in [0.2, 0.25) is 17.7 Å². The van der Waals surface area contributed by atoms with E-state index in [9.17, 15) is 24.3 Å². The highest BCUT2D eigenvalue weighted by Crippen LogP contribution is 2.08. The second kappa shape index (κ2) is 19.2. The maximum absolute atomic E-state index is 13.1. The summed E-state index contributed by atoms with van der Waals surface area (Å²) in [5.74, 6) is -3.15. The van der Waals surface area contributed by atoms with Crippen LogP contribution in [-0.4, -0.2) is 78.6 Å². The first-order chi connectivity index (χ1) is 17.4. The van der Waals surface area contributed by atoms with Gasteiger partial charge < -0.3 is 49.7 Å². The van der Waals surface area contributed by atoms with E-state index in [1.807, 2.05) is 0 Å². The van der Waals surface area contributed by atoms with E-state index in [0.717, 1.165) is 0 Å². The Morgan fingerprint density at radius 3 is 1.57 bits per heavy atom. The summed E-state index contributed by atoms with van der Waals surface area (Å²) in [6.45, 7) is 4.62. The number of nitrogens with two attached hydrogens (primary N) is 5. The zero-order chi connectivity index (χ0) is 28.4. The Kier molecular flexibility index (Phi) is 17.6. The molecule has 0 aromatic heterocycles. The lowest BCUT2D eigenvalue weighted by Gasteiger charge is -2.26. The number of guanidine groups is 1. The minimum absolute atomic E-state index is 0.0895. The fourth-order valence-corrected chi connectivity index (χ4v) is 3.40. The smallest absolute Gasteiger partial charge is 0.326 e. The van der Waals surface area contributed by atoms with Crippen molar-refractivity contribution >= 4 is 29.7 Å². The zero-order valence-corrected chi connectivity index (χ0v) is 22.1. The van der Waals surface area contributed by atoms with Gasteiger partial charge in [0, 0.05) is 6.54 Å². The lowest BCUT2D eigenvalue weighted by molar-refractivity contribution is -0.142. The van der Waals surface area contributed by atoms with Gasteiger partial charge in [-0.15, -0.1) is 0 Å². The van der Waals surface area contributed by atoms with E-state index in [-0.39, 0.29) is 31.3 Å². The number of amides is 3. The summed E-state index contributed by atoms with van der Waals surface area (Å²) in [5.41, 5.74) is 27.6. The number of carboxylic acids is 1. The van der Waals surface area contributed by atoms with E-state index in [4.69, 9.17) is 28.7 Å². The minimum atomic E-state index is -1.22. The number of aliphatic imine (C=N–C) groups is 1. The van der Waals surface area contributed by atoms with Crippen LogP contribution in [-0.2, 0) is 19.2 Å². The van der Waals surface area contributed by atoms with Crippen LogP contribution in [0.3, 0.4) is 0 Å². The molecule has 3 amide bonds. The number of aliphatic carboxylic acids is 1. The van der Waals surface area contributed by atoms with Crippen molar-refractivity contribution in [1.82, 2.24) is 16.0 Å². The molecule has 214 valence electrons. The van der Waals surface area contributed by atoms with Gasteiger partial charge in [-0.2, -0.15) is 0 Å².